The van der Waals surface area contributed by atoms with E-state index < -0.39 is 0 Å². The van der Waals surface area contributed by atoms with Gasteiger partial charge in [0.05, 0.1) is 5.69 Å². The van der Waals surface area contributed by atoms with Crippen LogP contribution in [-0.4, -0.2) is 11.2 Å². The van der Waals surface area contributed by atoms with Crippen molar-refractivity contribution < 1.29 is 58.3 Å². The van der Waals surface area contributed by atoms with Crippen molar-refractivity contribution >= 4 is 17.5 Å². The van der Waals surface area contributed by atoms with Gasteiger partial charge in [-0.25, -0.2) is 0 Å². The summed E-state index contributed by atoms with van der Waals surface area (Å²) in [6.45, 7) is 8.39. The Morgan fingerprint density at radius 1 is 0.913 bits per heavy atom. The number of benzene rings is 2. The SMILES string of the molecule is CC(=Nc1ccccc1)/C(C)=C/c1ccccc1.CCC.[HH].[K+].[OH-]. The summed E-state index contributed by atoms with van der Waals surface area (Å²) in [6, 6.07) is 20.3. The van der Waals surface area contributed by atoms with E-state index in [0.717, 1.165) is 11.4 Å². The van der Waals surface area contributed by atoms with Gasteiger partial charge in [0.15, 0.2) is 0 Å². The number of para-hydroxylation sites is 1. The van der Waals surface area contributed by atoms with E-state index in [-0.39, 0.29) is 58.3 Å². The second-order valence-electron chi connectivity index (χ2n) is 4.98. The van der Waals surface area contributed by atoms with Crippen LogP contribution >= 0.6 is 0 Å². The first-order valence-corrected chi connectivity index (χ1v) is 7.51. The molecular formula is C20H28KNO. The molecule has 3 heteroatoms. The molecule has 0 bridgehead atoms. The van der Waals surface area contributed by atoms with Crippen LogP contribution < -0.4 is 51.4 Å². The maximum absolute atomic E-state index is 4.60. The van der Waals surface area contributed by atoms with Crippen LogP contribution in [0.2, 0.25) is 0 Å². The number of hydrogen-bond donors (Lipinski definition) is 0. The zero-order valence-corrected chi connectivity index (χ0v) is 18.1. The molecule has 0 aliphatic heterocycles. The first kappa shape index (κ1) is 24.7. The van der Waals surface area contributed by atoms with Crippen LogP contribution in [-0.2, 0) is 0 Å². The first-order valence-electron chi connectivity index (χ1n) is 7.51. The Morgan fingerprint density at radius 3 is 1.83 bits per heavy atom. The molecule has 2 aromatic carbocycles. The average molecular weight is 338 g/mol. The van der Waals surface area contributed by atoms with E-state index in [1.807, 2.05) is 55.5 Å². The van der Waals surface area contributed by atoms with Crippen molar-refractivity contribution in [3.63, 3.8) is 0 Å². The van der Waals surface area contributed by atoms with Crippen LogP contribution in [0.1, 0.15) is 41.1 Å². The number of aliphatic imine (C=N–C) groups is 1. The Hall–Kier alpha value is -0.554. The summed E-state index contributed by atoms with van der Waals surface area (Å²) >= 11 is 0. The van der Waals surface area contributed by atoms with Crippen molar-refractivity contribution in [1.82, 2.24) is 0 Å². The normalized spacial score (nSPS) is 10.6. The van der Waals surface area contributed by atoms with Crippen LogP contribution in [0.25, 0.3) is 6.08 Å². The molecule has 0 radical (unpaired) electrons. The summed E-state index contributed by atoms with van der Waals surface area (Å²) in [4.78, 5) is 4.60. The molecule has 1 N–H and O–H groups in total. The number of rotatable bonds is 3. The zero-order chi connectivity index (χ0) is 15.5. The van der Waals surface area contributed by atoms with Gasteiger partial charge in [-0.15, -0.1) is 0 Å². The van der Waals surface area contributed by atoms with Gasteiger partial charge >= 0.3 is 51.4 Å². The summed E-state index contributed by atoms with van der Waals surface area (Å²) in [5, 5.41) is 0. The van der Waals surface area contributed by atoms with Crippen molar-refractivity contribution in [2.45, 2.75) is 34.1 Å². The molecule has 0 saturated heterocycles. The quantitative estimate of drug-likeness (QED) is 0.625. The van der Waals surface area contributed by atoms with Crippen LogP contribution in [0.5, 0.6) is 0 Å². The average Bonchev–Trinajstić information content (AvgIpc) is 2.50. The van der Waals surface area contributed by atoms with Crippen LogP contribution in [0.3, 0.4) is 0 Å². The summed E-state index contributed by atoms with van der Waals surface area (Å²) in [5.41, 5.74) is 4.43. The van der Waals surface area contributed by atoms with E-state index in [9.17, 15) is 0 Å². The molecule has 0 spiro atoms. The fourth-order valence-electron chi connectivity index (χ4n) is 1.69. The standard InChI is InChI=1S/C17H17N.C3H8.K.H2O.H2/c1-14(13-16-9-5-3-6-10-16)15(2)18-17-11-7-4-8-12-17;1-3-2;;;/h3-13H,1-2H3;3H2,1-2H3;;1H2;1H/q;;+1;;/p-1/b14-13+,18-15?;;;;. The number of hydrogen-bond acceptors (Lipinski definition) is 2. The third-order valence-corrected chi connectivity index (χ3v) is 2.81. The Labute approximate surface area is 185 Å². The molecule has 0 aliphatic carbocycles. The third-order valence-electron chi connectivity index (χ3n) is 2.81. The molecule has 0 saturated carbocycles. The van der Waals surface area contributed by atoms with Gasteiger partial charge in [-0.3, -0.25) is 4.99 Å². The summed E-state index contributed by atoms with van der Waals surface area (Å²) < 4.78 is 0. The van der Waals surface area contributed by atoms with Crippen molar-refractivity contribution in [2.24, 2.45) is 4.99 Å². The van der Waals surface area contributed by atoms with E-state index in [0.29, 0.717) is 0 Å². The third kappa shape index (κ3) is 10.8. The molecule has 0 amide bonds. The van der Waals surface area contributed by atoms with Crippen LogP contribution in [0.15, 0.2) is 71.2 Å². The van der Waals surface area contributed by atoms with Crippen molar-refractivity contribution in [2.75, 3.05) is 0 Å². The minimum Gasteiger partial charge on any atom is -0.870 e. The summed E-state index contributed by atoms with van der Waals surface area (Å²) in [5.74, 6) is 0. The topological polar surface area (TPSA) is 42.4 Å². The first-order chi connectivity index (χ1) is 10.2. The molecule has 0 unspecified atom stereocenters. The van der Waals surface area contributed by atoms with Gasteiger partial charge in [0, 0.05) is 7.14 Å². The van der Waals surface area contributed by atoms with E-state index in [1.165, 1.54) is 17.6 Å². The zero-order valence-electron chi connectivity index (χ0n) is 15.0. The van der Waals surface area contributed by atoms with E-state index in [2.05, 4.69) is 44.0 Å². The molecule has 2 rings (SSSR count). The molecular weight excluding hydrogens is 309 g/mol. The van der Waals surface area contributed by atoms with Gasteiger partial charge in [0.1, 0.15) is 0 Å². The maximum atomic E-state index is 4.60. The fourth-order valence-corrected chi connectivity index (χ4v) is 1.69. The molecule has 0 aromatic heterocycles. The molecule has 2 nitrogen and oxygen atoms in total. The Kier molecular flexibility index (Phi) is 16.1. The van der Waals surface area contributed by atoms with Gasteiger partial charge in [0.2, 0.25) is 0 Å². The van der Waals surface area contributed by atoms with Gasteiger partial charge < -0.3 is 5.48 Å². The van der Waals surface area contributed by atoms with Crippen molar-refractivity contribution in [1.29, 1.82) is 0 Å². The molecule has 23 heavy (non-hydrogen) atoms. The minimum atomic E-state index is 0. The van der Waals surface area contributed by atoms with Gasteiger partial charge in [-0.2, -0.15) is 0 Å². The predicted octanol–water partition coefficient (Wildman–Crippen LogP) is 3.37. The Bertz CT molecular complexity index is 530. The van der Waals surface area contributed by atoms with Gasteiger partial charge in [-0.1, -0.05) is 74.9 Å². The molecule has 0 fully saturated rings. The molecule has 0 heterocycles. The van der Waals surface area contributed by atoms with Crippen molar-refractivity contribution in [3.8, 4) is 0 Å². The largest absolute Gasteiger partial charge is 1.00 e. The molecule has 0 aliphatic rings. The second kappa shape index (κ2) is 15.0. The molecule has 2 aromatic rings. The van der Waals surface area contributed by atoms with Gasteiger partial charge in [-0.05, 0) is 37.1 Å². The maximum Gasteiger partial charge on any atom is 1.00 e. The van der Waals surface area contributed by atoms with Crippen LogP contribution in [0.4, 0.5) is 5.69 Å². The Morgan fingerprint density at radius 2 is 1.35 bits per heavy atom. The van der Waals surface area contributed by atoms with E-state index in [1.54, 1.807) is 0 Å². The minimum absolute atomic E-state index is 0. The summed E-state index contributed by atoms with van der Waals surface area (Å²) in [6.07, 6.45) is 3.40. The van der Waals surface area contributed by atoms with E-state index >= 15 is 0 Å². The van der Waals surface area contributed by atoms with E-state index in [4.69, 9.17) is 0 Å². The van der Waals surface area contributed by atoms with Crippen molar-refractivity contribution in [3.05, 3.63) is 71.8 Å². The monoisotopic (exact) mass is 337 g/mol. The second-order valence-corrected chi connectivity index (χ2v) is 4.98. The smallest absolute Gasteiger partial charge is 0.870 e. The molecule has 120 valence electrons. The van der Waals surface area contributed by atoms with Gasteiger partial charge in [0.25, 0.3) is 0 Å². The summed E-state index contributed by atoms with van der Waals surface area (Å²) in [7, 11) is 0. The predicted molar refractivity (Wildman–Crippen MR) is 99.3 cm³/mol. The van der Waals surface area contributed by atoms with Crippen LogP contribution in [0, 0.1) is 0 Å². The fraction of sp³-hybridized carbons (Fsp3) is 0.250. The Balaban J connectivity index is -0.000000685. The number of allylic oxidation sites excluding steroid dienone is 1. The molecule has 0 atom stereocenters. The number of nitrogens with zero attached hydrogens (tertiary/aromatic N) is 1.